The Balaban J connectivity index is 1.24. The van der Waals surface area contributed by atoms with Gasteiger partial charge in [0, 0.05) is 43.0 Å². The van der Waals surface area contributed by atoms with E-state index in [1.807, 2.05) is 18.2 Å². The number of hydrogen-bond acceptors (Lipinski definition) is 9. The van der Waals surface area contributed by atoms with Gasteiger partial charge in [-0.2, -0.15) is 5.26 Å². The third kappa shape index (κ3) is 5.64. The maximum Gasteiger partial charge on any atom is 0.246 e. The Bertz CT molecular complexity index is 1260. The Morgan fingerprint density at radius 3 is 2.88 bits per heavy atom. The van der Waals surface area contributed by atoms with E-state index >= 15 is 0 Å². The van der Waals surface area contributed by atoms with Crippen molar-refractivity contribution in [3.63, 3.8) is 0 Å². The van der Waals surface area contributed by atoms with Crippen LogP contribution in [0.5, 0.6) is 0 Å². The minimum absolute atomic E-state index is 0.0169. The number of fused-ring (bicyclic) bond motifs is 2. The first-order chi connectivity index (χ1) is 20.3. The number of likely N-dealkylation sites (tertiary alicyclic amines) is 1. The highest BCUT2D eigenvalue weighted by Gasteiger charge is 2.56. The van der Waals surface area contributed by atoms with Gasteiger partial charge in [0.25, 0.3) is 0 Å². The number of halogens is 1. The van der Waals surface area contributed by atoms with Crippen LogP contribution in [0, 0.1) is 17.2 Å². The number of ether oxygens (including phenoxy) is 2. The van der Waals surface area contributed by atoms with E-state index < -0.39 is 18.0 Å². The second-order valence-corrected chi connectivity index (χ2v) is 12.9. The highest BCUT2D eigenvalue weighted by Crippen LogP contribution is 2.42. The third-order valence-electron chi connectivity index (χ3n) is 10.1. The number of carbonyl (C=O) groups is 2. The number of nitrogens with one attached hydrogen (secondary N) is 2. The quantitative estimate of drug-likeness (QED) is 0.477. The average Bonchev–Trinajstić information content (AvgIpc) is 3.42. The Hall–Kier alpha value is -2.36. The Kier molecular flexibility index (Phi) is 8.72. The number of Topliss-reactive ketones (excluding diaryl/α,β-unsaturated/α-hetero) is 1. The number of piperazine rings is 1. The molecule has 1 saturated carbocycles. The zero-order valence-electron chi connectivity index (χ0n) is 24.3. The molecule has 1 aliphatic carbocycles. The topological polar surface area (TPSA) is 110 Å². The number of nitriles is 1. The highest BCUT2D eigenvalue weighted by atomic mass is 35.5. The second kappa shape index (κ2) is 12.3. The van der Waals surface area contributed by atoms with Crippen molar-refractivity contribution in [2.45, 2.75) is 81.4 Å². The van der Waals surface area contributed by atoms with Crippen LogP contribution in [0.3, 0.4) is 0 Å². The van der Waals surface area contributed by atoms with E-state index in [-0.39, 0.29) is 36.2 Å². The Morgan fingerprint density at radius 2 is 2.12 bits per heavy atom. The van der Waals surface area contributed by atoms with E-state index in [9.17, 15) is 14.9 Å². The first-order valence-corrected chi connectivity index (χ1v) is 15.5. The molecular formula is C31H41ClN6O4. The van der Waals surface area contributed by atoms with E-state index in [4.69, 9.17) is 21.1 Å². The van der Waals surface area contributed by atoms with Crippen molar-refractivity contribution in [1.29, 1.82) is 5.26 Å². The van der Waals surface area contributed by atoms with Crippen molar-refractivity contribution >= 4 is 23.3 Å². The molecule has 4 heterocycles. The summed E-state index contributed by atoms with van der Waals surface area (Å²) in [6.45, 7) is 7.30. The molecule has 1 spiro atoms. The zero-order chi connectivity index (χ0) is 29.4. The summed E-state index contributed by atoms with van der Waals surface area (Å²) < 4.78 is 12.8. The maximum absolute atomic E-state index is 14.4. The average molecular weight is 597 g/mol. The first-order valence-electron chi connectivity index (χ1n) is 15.2. The smallest absolute Gasteiger partial charge is 0.246 e. The lowest BCUT2D eigenvalue weighted by Gasteiger charge is -2.55. The molecule has 0 bridgehead atoms. The lowest BCUT2D eigenvalue weighted by atomic mass is 9.68. The number of likely N-dealkylation sites (N-methyl/N-ethyl adjacent to an activating group) is 1. The number of hydrogen-bond donors (Lipinski definition) is 2. The number of nitrogens with zero attached hydrogens (tertiary/aromatic N) is 4. The Morgan fingerprint density at radius 1 is 1.26 bits per heavy atom. The molecule has 4 fully saturated rings. The molecule has 10 nitrogen and oxygen atoms in total. The van der Waals surface area contributed by atoms with Gasteiger partial charge in [0.15, 0.2) is 12.1 Å². The van der Waals surface area contributed by atoms with Crippen LogP contribution in [0.15, 0.2) is 30.9 Å². The monoisotopic (exact) mass is 596 g/mol. The van der Waals surface area contributed by atoms with Crippen molar-refractivity contribution in [1.82, 2.24) is 25.3 Å². The van der Waals surface area contributed by atoms with E-state index in [2.05, 4.69) is 40.1 Å². The van der Waals surface area contributed by atoms with E-state index in [0.717, 1.165) is 36.9 Å². The van der Waals surface area contributed by atoms with Gasteiger partial charge in [0.1, 0.15) is 5.60 Å². The number of rotatable bonds is 6. The maximum atomic E-state index is 14.4. The summed E-state index contributed by atoms with van der Waals surface area (Å²) in [4.78, 5) is 33.3. The number of carbonyl (C=O) groups excluding carboxylic acids is 2. The molecule has 1 aromatic rings. The van der Waals surface area contributed by atoms with Crippen LogP contribution in [0.4, 0.5) is 0 Å². The van der Waals surface area contributed by atoms with E-state index in [1.165, 1.54) is 6.08 Å². The molecule has 0 aromatic heterocycles. The molecule has 226 valence electrons. The van der Waals surface area contributed by atoms with Gasteiger partial charge in [0.2, 0.25) is 5.91 Å². The number of ketones is 1. The molecule has 11 heteroatoms. The van der Waals surface area contributed by atoms with Crippen molar-refractivity contribution in [3.8, 4) is 6.07 Å². The van der Waals surface area contributed by atoms with Crippen LogP contribution in [0.1, 0.15) is 43.2 Å². The summed E-state index contributed by atoms with van der Waals surface area (Å²) in [5.74, 6) is -0.0954. The molecule has 6 rings (SSSR count). The molecule has 7 atom stereocenters. The van der Waals surface area contributed by atoms with Gasteiger partial charge in [-0.3, -0.25) is 25.1 Å². The lowest BCUT2D eigenvalue weighted by molar-refractivity contribution is -0.173. The summed E-state index contributed by atoms with van der Waals surface area (Å²) in [5.41, 5.74) is 1.27. The molecule has 0 radical (unpaired) electrons. The molecule has 4 aliphatic heterocycles. The summed E-state index contributed by atoms with van der Waals surface area (Å²) in [5, 5.41) is 17.4. The van der Waals surface area contributed by atoms with Crippen LogP contribution >= 0.6 is 11.6 Å². The fourth-order valence-corrected chi connectivity index (χ4v) is 7.88. The molecule has 1 aromatic carbocycles. The molecule has 2 N–H and O–H groups in total. The van der Waals surface area contributed by atoms with Gasteiger partial charge in [-0.25, -0.2) is 0 Å². The zero-order valence-corrected chi connectivity index (χ0v) is 25.0. The first kappa shape index (κ1) is 29.7. The van der Waals surface area contributed by atoms with Gasteiger partial charge >= 0.3 is 0 Å². The van der Waals surface area contributed by atoms with Crippen molar-refractivity contribution in [3.05, 3.63) is 47.0 Å². The molecule has 42 heavy (non-hydrogen) atoms. The molecule has 5 aliphatic rings. The van der Waals surface area contributed by atoms with Crippen molar-refractivity contribution in [2.24, 2.45) is 5.92 Å². The predicted octanol–water partition coefficient (Wildman–Crippen LogP) is 2.02. The standard InChI is InChI=1S/C31H41ClN6O4/c1-3-26(39)38-14-13-37(17-23(38)9-11-33)29-25-8-10-31(16-20-6-7-22(32)15-21(20)18-42-31)28(40)27(25)34-30(35-29)41-19-24-5-4-12-36(24)2/h3,6-7,15,23-25,27,29-30,34-35H,1,4-5,8-10,12-14,16-19H2,2H3/t23?,24?,25?,27?,29?,30?,31-/m1/s1. The highest BCUT2D eigenvalue weighted by molar-refractivity contribution is 6.30. The van der Waals surface area contributed by atoms with E-state index in [1.54, 1.807) is 4.90 Å². The predicted molar refractivity (Wildman–Crippen MR) is 157 cm³/mol. The fourth-order valence-electron chi connectivity index (χ4n) is 7.68. The van der Waals surface area contributed by atoms with Gasteiger partial charge in [-0.05, 0) is 68.6 Å². The van der Waals surface area contributed by atoms with Gasteiger partial charge in [-0.1, -0.05) is 24.2 Å². The van der Waals surface area contributed by atoms with Gasteiger partial charge in [0.05, 0.1) is 44.0 Å². The number of amides is 1. The van der Waals surface area contributed by atoms with Crippen molar-refractivity contribution < 1.29 is 19.1 Å². The summed E-state index contributed by atoms with van der Waals surface area (Å²) in [7, 11) is 2.13. The van der Waals surface area contributed by atoms with Crippen LogP contribution in [0.2, 0.25) is 5.02 Å². The van der Waals surface area contributed by atoms with Gasteiger partial charge < -0.3 is 19.3 Å². The SMILES string of the molecule is C=CC(=O)N1CCN(C2NC(OCC3CCCN3C)NC3C(=O)[C@@]4(CCC32)Cc2ccc(Cl)cc2CO4)CC1CC#N. The molecule has 3 saturated heterocycles. The molecular weight excluding hydrogens is 556 g/mol. The summed E-state index contributed by atoms with van der Waals surface area (Å²) >= 11 is 6.22. The molecule has 6 unspecified atom stereocenters. The Labute approximate surface area is 252 Å². The lowest BCUT2D eigenvalue weighted by Crippen LogP contribution is -2.75. The van der Waals surface area contributed by atoms with E-state index in [0.29, 0.717) is 56.8 Å². The minimum Gasteiger partial charge on any atom is -0.362 e. The normalized spacial score (nSPS) is 35.5. The third-order valence-corrected chi connectivity index (χ3v) is 10.3. The largest absolute Gasteiger partial charge is 0.362 e. The van der Waals surface area contributed by atoms with Crippen LogP contribution in [-0.4, -0.2) is 102 Å². The molecule has 1 amide bonds. The van der Waals surface area contributed by atoms with Gasteiger partial charge in [-0.15, -0.1) is 0 Å². The second-order valence-electron chi connectivity index (χ2n) is 12.4. The summed E-state index contributed by atoms with van der Waals surface area (Å²) in [6, 6.07) is 7.73. The number of benzene rings is 1. The summed E-state index contributed by atoms with van der Waals surface area (Å²) in [6.07, 6.45) is 5.09. The van der Waals surface area contributed by atoms with Crippen LogP contribution in [0.25, 0.3) is 0 Å². The fraction of sp³-hybridized carbons (Fsp3) is 0.645. The van der Waals surface area contributed by atoms with Crippen LogP contribution in [-0.2, 0) is 32.1 Å². The van der Waals surface area contributed by atoms with Crippen LogP contribution < -0.4 is 10.6 Å². The minimum atomic E-state index is -0.883. The van der Waals surface area contributed by atoms with Crippen molar-refractivity contribution in [2.75, 3.05) is 39.8 Å².